The molecule has 1 aliphatic rings. The van der Waals surface area contributed by atoms with Gasteiger partial charge in [-0.15, -0.1) is 0 Å². The summed E-state index contributed by atoms with van der Waals surface area (Å²) in [7, 11) is -3.80. The Kier molecular flexibility index (Phi) is 5.91. The van der Waals surface area contributed by atoms with Crippen LogP contribution in [0.25, 0.3) is 0 Å². The summed E-state index contributed by atoms with van der Waals surface area (Å²) in [5.41, 5.74) is 2.54. The van der Waals surface area contributed by atoms with Crippen LogP contribution >= 0.6 is 0 Å². The molecule has 1 fully saturated rings. The molecule has 0 radical (unpaired) electrons. The lowest BCUT2D eigenvalue weighted by Crippen LogP contribution is -2.50. The number of carbonyl (C=O) groups is 1. The Balaban J connectivity index is 1.48. The first kappa shape index (κ1) is 21.9. The number of amides is 1. The maximum atomic E-state index is 13.2. The third-order valence-corrected chi connectivity index (χ3v) is 7.81. The summed E-state index contributed by atoms with van der Waals surface area (Å²) in [6.07, 6.45) is 1.62. The second-order valence-corrected chi connectivity index (χ2v) is 9.66. The van der Waals surface area contributed by atoms with E-state index in [2.05, 4.69) is 0 Å². The highest BCUT2D eigenvalue weighted by molar-refractivity contribution is 7.89. The Hall–Kier alpha value is -3.35. The van der Waals surface area contributed by atoms with Gasteiger partial charge in [0.25, 0.3) is 5.91 Å². The number of rotatable bonds is 5. The zero-order valence-electron chi connectivity index (χ0n) is 18.0. The van der Waals surface area contributed by atoms with E-state index in [1.54, 1.807) is 23.3 Å². The average molecular weight is 453 g/mol. The van der Waals surface area contributed by atoms with Crippen molar-refractivity contribution in [1.29, 1.82) is 5.26 Å². The van der Waals surface area contributed by atoms with Crippen molar-refractivity contribution < 1.29 is 17.6 Å². The minimum atomic E-state index is -3.80. The monoisotopic (exact) mass is 452 g/mol. The minimum Gasteiger partial charge on any atom is -0.467 e. The molecule has 1 saturated heterocycles. The summed E-state index contributed by atoms with van der Waals surface area (Å²) in [5, 5.41) is 9.26. The van der Waals surface area contributed by atoms with Gasteiger partial charge < -0.3 is 13.9 Å². The van der Waals surface area contributed by atoms with Crippen molar-refractivity contribution in [3.05, 3.63) is 77.0 Å². The predicted octanol–water partition coefficient (Wildman–Crippen LogP) is 2.76. The van der Waals surface area contributed by atoms with Crippen LogP contribution in [0.4, 0.5) is 0 Å². The summed E-state index contributed by atoms with van der Waals surface area (Å²) >= 11 is 0. The van der Waals surface area contributed by atoms with E-state index in [9.17, 15) is 18.5 Å². The third kappa shape index (κ3) is 3.95. The molecule has 1 aliphatic heterocycles. The Bertz CT molecular complexity index is 1280. The molecule has 3 aromatic rings. The number of nitrogens with zero attached hydrogens (tertiary/aromatic N) is 4. The number of hydrogen-bond acceptors (Lipinski definition) is 5. The standard InChI is InChI=1S/C23H24N4O4S/c1-17-14-21(18(2)27(17)16-20-7-5-13-31-20)23(28)25-9-11-26(12-10-25)32(29,30)22-8-4-3-6-19(22)15-24/h3-8,13-14H,9-12,16H2,1-2H3. The second-order valence-electron chi connectivity index (χ2n) is 7.75. The maximum absolute atomic E-state index is 13.2. The number of carbonyl (C=O) groups excluding carboxylic acids is 1. The molecule has 0 unspecified atom stereocenters. The molecule has 3 heterocycles. The fourth-order valence-corrected chi connectivity index (χ4v) is 5.61. The highest BCUT2D eigenvalue weighted by Crippen LogP contribution is 2.23. The lowest BCUT2D eigenvalue weighted by atomic mass is 10.2. The molecule has 0 aliphatic carbocycles. The van der Waals surface area contributed by atoms with E-state index in [1.807, 2.05) is 42.7 Å². The lowest BCUT2D eigenvalue weighted by molar-refractivity contribution is 0.0697. The largest absolute Gasteiger partial charge is 0.467 e. The van der Waals surface area contributed by atoms with E-state index in [1.165, 1.54) is 16.4 Å². The molecule has 0 spiro atoms. The van der Waals surface area contributed by atoms with Crippen LogP contribution in [-0.4, -0.2) is 54.3 Å². The summed E-state index contributed by atoms with van der Waals surface area (Å²) < 4.78 is 34.9. The van der Waals surface area contributed by atoms with Gasteiger partial charge in [-0.05, 0) is 44.2 Å². The SMILES string of the molecule is Cc1cc(C(=O)N2CCN(S(=O)(=O)c3ccccc3C#N)CC2)c(C)n1Cc1ccco1. The number of aromatic nitrogens is 1. The number of furan rings is 1. The van der Waals surface area contributed by atoms with Crippen LogP contribution in [-0.2, 0) is 16.6 Å². The van der Waals surface area contributed by atoms with Crippen LogP contribution in [0, 0.1) is 25.2 Å². The van der Waals surface area contributed by atoms with Gasteiger partial charge >= 0.3 is 0 Å². The number of sulfonamides is 1. The van der Waals surface area contributed by atoms with E-state index in [-0.39, 0.29) is 42.5 Å². The van der Waals surface area contributed by atoms with Crippen LogP contribution in [0.1, 0.15) is 33.1 Å². The molecule has 166 valence electrons. The summed E-state index contributed by atoms with van der Waals surface area (Å²) in [5.74, 6) is 0.695. The lowest BCUT2D eigenvalue weighted by Gasteiger charge is -2.34. The van der Waals surface area contributed by atoms with Crippen LogP contribution in [0.5, 0.6) is 0 Å². The highest BCUT2D eigenvalue weighted by atomic mass is 32.2. The van der Waals surface area contributed by atoms with Crippen molar-refractivity contribution in [2.45, 2.75) is 25.3 Å². The Labute approximate surface area is 187 Å². The number of benzene rings is 1. The second kappa shape index (κ2) is 8.65. The Morgan fingerprint density at radius 3 is 2.47 bits per heavy atom. The molecule has 0 N–H and O–H groups in total. The van der Waals surface area contributed by atoms with Gasteiger partial charge in [0.15, 0.2) is 0 Å². The number of nitriles is 1. The van der Waals surface area contributed by atoms with Gasteiger partial charge in [-0.2, -0.15) is 9.57 Å². The van der Waals surface area contributed by atoms with Crippen molar-refractivity contribution >= 4 is 15.9 Å². The predicted molar refractivity (Wildman–Crippen MR) is 118 cm³/mol. The number of piperazine rings is 1. The first-order chi connectivity index (χ1) is 15.3. The summed E-state index contributed by atoms with van der Waals surface area (Å²) in [6, 6.07) is 13.7. The van der Waals surface area contributed by atoms with E-state index >= 15 is 0 Å². The van der Waals surface area contributed by atoms with Crippen molar-refractivity contribution in [3.63, 3.8) is 0 Å². The molecule has 8 nitrogen and oxygen atoms in total. The van der Waals surface area contributed by atoms with Crippen molar-refractivity contribution in [3.8, 4) is 6.07 Å². The van der Waals surface area contributed by atoms with Crippen LogP contribution in [0.3, 0.4) is 0 Å². The van der Waals surface area contributed by atoms with E-state index < -0.39 is 10.0 Å². The maximum Gasteiger partial charge on any atom is 0.255 e. The third-order valence-electron chi connectivity index (χ3n) is 5.85. The van der Waals surface area contributed by atoms with E-state index in [0.717, 1.165) is 17.1 Å². The molecular weight excluding hydrogens is 428 g/mol. The molecule has 0 saturated carbocycles. The first-order valence-electron chi connectivity index (χ1n) is 10.3. The van der Waals surface area contributed by atoms with Gasteiger partial charge in [0.05, 0.1) is 28.8 Å². The molecule has 2 aromatic heterocycles. The molecular formula is C23H24N4O4S. The fraction of sp³-hybridized carbons (Fsp3) is 0.304. The molecule has 0 atom stereocenters. The summed E-state index contributed by atoms with van der Waals surface area (Å²) in [4.78, 5) is 14.9. The van der Waals surface area contributed by atoms with Crippen LogP contribution in [0.15, 0.2) is 58.0 Å². The summed E-state index contributed by atoms with van der Waals surface area (Å²) in [6.45, 7) is 5.33. The molecule has 1 aromatic carbocycles. The topological polar surface area (TPSA) is 99.5 Å². The van der Waals surface area contributed by atoms with Crippen molar-refractivity contribution in [2.75, 3.05) is 26.2 Å². The van der Waals surface area contributed by atoms with Gasteiger partial charge in [-0.25, -0.2) is 8.42 Å². The van der Waals surface area contributed by atoms with Gasteiger partial charge in [-0.1, -0.05) is 12.1 Å². The normalized spacial score (nSPS) is 15.0. The fourth-order valence-electron chi connectivity index (χ4n) is 4.04. The molecule has 0 bridgehead atoms. The smallest absolute Gasteiger partial charge is 0.255 e. The molecule has 4 rings (SSSR count). The number of hydrogen-bond donors (Lipinski definition) is 0. The average Bonchev–Trinajstić information content (AvgIpc) is 3.42. The zero-order chi connectivity index (χ0) is 22.9. The minimum absolute atomic E-state index is 0.00347. The molecule has 9 heteroatoms. The van der Waals surface area contributed by atoms with Crippen LogP contribution < -0.4 is 0 Å². The zero-order valence-corrected chi connectivity index (χ0v) is 18.8. The number of aryl methyl sites for hydroxylation is 1. The van der Waals surface area contributed by atoms with E-state index in [0.29, 0.717) is 12.1 Å². The van der Waals surface area contributed by atoms with Gasteiger partial charge in [0, 0.05) is 37.6 Å². The van der Waals surface area contributed by atoms with Gasteiger partial charge in [-0.3, -0.25) is 4.79 Å². The highest BCUT2D eigenvalue weighted by Gasteiger charge is 2.32. The first-order valence-corrected chi connectivity index (χ1v) is 11.7. The van der Waals surface area contributed by atoms with Crippen LogP contribution in [0.2, 0.25) is 0 Å². The Morgan fingerprint density at radius 2 is 1.81 bits per heavy atom. The Morgan fingerprint density at radius 1 is 1.09 bits per heavy atom. The van der Waals surface area contributed by atoms with E-state index in [4.69, 9.17) is 4.42 Å². The van der Waals surface area contributed by atoms with Gasteiger partial charge in [0.1, 0.15) is 11.8 Å². The van der Waals surface area contributed by atoms with Gasteiger partial charge in [0.2, 0.25) is 10.0 Å². The quantitative estimate of drug-likeness (QED) is 0.593. The van der Waals surface area contributed by atoms with Crippen molar-refractivity contribution in [2.24, 2.45) is 0 Å². The molecule has 32 heavy (non-hydrogen) atoms. The molecule has 1 amide bonds. The van der Waals surface area contributed by atoms with Crippen molar-refractivity contribution in [1.82, 2.24) is 13.8 Å².